The SMILES string of the molecule is COC[C@H](C)Oc1cc(Oc2ccc(S(C)(=O)=O)cc2)cc(C(=O)Nc2ccn(C[P+](C)(C)O)n2)c1. The molecule has 1 heterocycles. The molecule has 0 radical (unpaired) electrons. The second kappa shape index (κ2) is 11.4. The van der Waals surface area contributed by atoms with Crippen molar-refractivity contribution >= 4 is 29.1 Å². The number of nitrogens with zero attached hydrogens (tertiary/aromatic N) is 2. The first kappa shape index (κ1) is 27.6. The zero-order valence-electron chi connectivity index (χ0n) is 20.8. The highest BCUT2D eigenvalue weighted by Crippen LogP contribution is 2.47. The van der Waals surface area contributed by atoms with Crippen LogP contribution >= 0.6 is 7.49 Å². The average Bonchev–Trinajstić information content (AvgIpc) is 3.18. The molecule has 0 aliphatic heterocycles. The number of benzene rings is 2. The predicted molar refractivity (Wildman–Crippen MR) is 139 cm³/mol. The van der Waals surface area contributed by atoms with Crippen molar-refractivity contribution < 1.29 is 32.3 Å². The van der Waals surface area contributed by atoms with Gasteiger partial charge < -0.3 is 19.5 Å². The number of hydrogen-bond acceptors (Lipinski definition) is 8. The third-order valence-electron chi connectivity index (χ3n) is 4.74. The van der Waals surface area contributed by atoms with Crippen LogP contribution in [0, 0.1) is 0 Å². The lowest BCUT2D eigenvalue weighted by Crippen LogP contribution is -2.18. The first-order valence-corrected chi connectivity index (χ1v) is 15.7. The molecule has 3 aromatic rings. The van der Waals surface area contributed by atoms with E-state index in [0.717, 1.165) is 6.26 Å². The molecule has 0 saturated heterocycles. The van der Waals surface area contributed by atoms with Crippen LogP contribution in [0.2, 0.25) is 0 Å². The molecule has 0 aliphatic carbocycles. The number of sulfone groups is 1. The van der Waals surface area contributed by atoms with E-state index in [-0.39, 0.29) is 16.6 Å². The van der Waals surface area contributed by atoms with Crippen molar-refractivity contribution in [1.82, 2.24) is 9.78 Å². The molecule has 0 fully saturated rings. The van der Waals surface area contributed by atoms with Gasteiger partial charge in [-0.15, -0.1) is 0 Å². The molecule has 3 rings (SSSR count). The molecule has 12 heteroatoms. The number of amides is 1. The molecule has 36 heavy (non-hydrogen) atoms. The average molecular weight is 537 g/mol. The largest absolute Gasteiger partial charge is 0.488 e. The van der Waals surface area contributed by atoms with Crippen LogP contribution in [0.1, 0.15) is 17.3 Å². The molecule has 2 N–H and O–H groups in total. The summed E-state index contributed by atoms with van der Waals surface area (Å²) in [5.74, 6) is 1.02. The normalized spacial score (nSPS) is 12.7. The Hall–Kier alpha value is -2.98. The highest BCUT2D eigenvalue weighted by atomic mass is 32.2. The number of ether oxygens (including phenoxy) is 3. The lowest BCUT2D eigenvalue weighted by molar-refractivity contribution is 0.0915. The highest BCUT2D eigenvalue weighted by molar-refractivity contribution is 7.90. The minimum Gasteiger partial charge on any atom is -0.488 e. The fourth-order valence-electron chi connectivity index (χ4n) is 3.27. The number of rotatable bonds is 11. The van der Waals surface area contributed by atoms with Crippen molar-refractivity contribution in [3.8, 4) is 17.2 Å². The maximum Gasteiger partial charge on any atom is 0.257 e. The van der Waals surface area contributed by atoms with Crippen molar-refractivity contribution in [2.75, 3.05) is 38.6 Å². The van der Waals surface area contributed by atoms with E-state index in [1.165, 1.54) is 24.3 Å². The van der Waals surface area contributed by atoms with Crippen LogP contribution in [-0.2, 0) is 20.9 Å². The topological polar surface area (TPSA) is 129 Å². The molecule has 10 nitrogen and oxygen atoms in total. The summed E-state index contributed by atoms with van der Waals surface area (Å²) >= 11 is 0. The number of nitrogens with one attached hydrogen (secondary N) is 1. The van der Waals surface area contributed by atoms with Gasteiger partial charge in [-0.1, -0.05) is 0 Å². The predicted octanol–water partition coefficient (Wildman–Crippen LogP) is 3.89. The van der Waals surface area contributed by atoms with Crippen molar-refractivity contribution in [1.29, 1.82) is 0 Å². The first-order valence-electron chi connectivity index (χ1n) is 11.0. The summed E-state index contributed by atoms with van der Waals surface area (Å²) in [6.45, 7) is 5.73. The third-order valence-corrected chi connectivity index (χ3v) is 6.85. The monoisotopic (exact) mass is 536 g/mol. The summed E-state index contributed by atoms with van der Waals surface area (Å²) < 4.78 is 41.9. The number of methoxy groups -OCH3 is 1. The first-order chi connectivity index (χ1) is 16.8. The van der Waals surface area contributed by atoms with E-state index in [1.807, 2.05) is 6.92 Å². The molecule has 1 atom stereocenters. The zero-order chi connectivity index (χ0) is 26.5. The van der Waals surface area contributed by atoms with E-state index < -0.39 is 23.2 Å². The van der Waals surface area contributed by atoms with Crippen molar-refractivity contribution in [2.24, 2.45) is 0 Å². The fraction of sp³-hybridized carbons (Fsp3) is 0.333. The van der Waals surface area contributed by atoms with E-state index in [9.17, 15) is 18.1 Å². The fourth-order valence-corrected chi connectivity index (χ4v) is 4.77. The molecule has 194 valence electrons. The van der Waals surface area contributed by atoms with Gasteiger partial charge in [0.25, 0.3) is 5.91 Å². The van der Waals surface area contributed by atoms with Gasteiger partial charge in [-0.3, -0.25) is 9.69 Å². The van der Waals surface area contributed by atoms with Gasteiger partial charge in [-0.05, 0) is 43.3 Å². The van der Waals surface area contributed by atoms with Crippen LogP contribution < -0.4 is 14.8 Å². The Kier molecular flexibility index (Phi) is 8.73. The number of aromatic nitrogens is 2. The molecule has 0 aliphatic rings. The second-order valence-electron chi connectivity index (χ2n) is 8.88. The van der Waals surface area contributed by atoms with Gasteiger partial charge in [-0.25, -0.2) is 13.1 Å². The third kappa shape index (κ3) is 8.30. The number of anilines is 1. The molecule has 0 saturated carbocycles. The van der Waals surface area contributed by atoms with Gasteiger partial charge in [0.15, 0.2) is 29.4 Å². The number of carbonyl (C=O) groups excluding carboxylic acids is 1. The van der Waals surface area contributed by atoms with Crippen LogP contribution in [0.25, 0.3) is 0 Å². The Morgan fingerprint density at radius 3 is 2.39 bits per heavy atom. The number of carbonyl (C=O) groups is 1. The van der Waals surface area contributed by atoms with Gasteiger partial charge >= 0.3 is 0 Å². The van der Waals surface area contributed by atoms with E-state index in [1.54, 1.807) is 55.6 Å². The van der Waals surface area contributed by atoms with E-state index in [2.05, 4.69) is 10.4 Å². The lowest BCUT2D eigenvalue weighted by Gasteiger charge is -2.16. The molecule has 0 unspecified atom stereocenters. The molecule has 2 aromatic carbocycles. The van der Waals surface area contributed by atoms with E-state index >= 15 is 0 Å². The number of hydrogen-bond donors (Lipinski definition) is 2. The molecule has 1 aromatic heterocycles. The van der Waals surface area contributed by atoms with Gasteiger partial charge in [-0.2, -0.15) is 5.10 Å². The Morgan fingerprint density at radius 2 is 1.78 bits per heavy atom. The summed E-state index contributed by atoms with van der Waals surface area (Å²) in [5.41, 5.74) is 0.268. The van der Waals surface area contributed by atoms with Crippen LogP contribution in [0.15, 0.2) is 59.6 Å². The summed E-state index contributed by atoms with van der Waals surface area (Å²) in [4.78, 5) is 23.3. The Labute approximate surface area is 211 Å². The van der Waals surface area contributed by atoms with Crippen LogP contribution in [0.4, 0.5) is 5.82 Å². The van der Waals surface area contributed by atoms with Crippen molar-refractivity contribution in [3.63, 3.8) is 0 Å². The lowest BCUT2D eigenvalue weighted by atomic mass is 10.2. The summed E-state index contributed by atoms with van der Waals surface area (Å²) in [6, 6.07) is 12.4. The molecular weight excluding hydrogens is 505 g/mol. The summed E-state index contributed by atoms with van der Waals surface area (Å²) in [5, 5.41) is 7.04. The molecule has 1 amide bonds. The molecule has 0 spiro atoms. The minimum atomic E-state index is -3.33. The Bertz CT molecular complexity index is 1300. The van der Waals surface area contributed by atoms with E-state index in [0.29, 0.717) is 36.0 Å². The smallest absolute Gasteiger partial charge is 0.257 e. The van der Waals surface area contributed by atoms with Crippen molar-refractivity contribution in [2.45, 2.75) is 24.2 Å². The zero-order valence-corrected chi connectivity index (χ0v) is 22.5. The van der Waals surface area contributed by atoms with Gasteiger partial charge in [0.05, 0.1) is 24.8 Å². The molecule has 0 bridgehead atoms. The van der Waals surface area contributed by atoms with Crippen molar-refractivity contribution in [3.05, 3.63) is 60.3 Å². The Morgan fingerprint density at radius 1 is 1.11 bits per heavy atom. The van der Waals surface area contributed by atoms with Gasteiger partial charge in [0, 0.05) is 37.3 Å². The molecular formula is C24H31N3O7PS+. The van der Waals surface area contributed by atoms with Gasteiger partial charge in [0.2, 0.25) is 0 Å². The summed E-state index contributed by atoms with van der Waals surface area (Å²) in [7, 11) is -3.85. The summed E-state index contributed by atoms with van der Waals surface area (Å²) in [6.07, 6.45) is 2.91. The van der Waals surface area contributed by atoms with E-state index in [4.69, 9.17) is 14.2 Å². The van der Waals surface area contributed by atoms with Gasteiger partial charge in [0.1, 0.15) is 23.4 Å². The standard InChI is InChI=1S/C24H30N3O7PS/c1-17(15-32-2)33-20-12-18(24(28)25-23-10-11-27(26-23)16-35(3,4)29)13-21(14-20)34-19-6-8-22(9-7-19)36(5,30)31/h6-14,17,29H,15-16H2,1-5H3/p+1/t17-/m0/s1. The quantitative estimate of drug-likeness (QED) is 0.353. The van der Waals surface area contributed by atoms with Crippen LogP contribution in [0.3, 0.4) is 0 Å². The van der Waals surface area contributed by atoms with Crippen LogP contribution in [-0.4, -0.2) is 68.4 Å². The van der Waals surface area contributed by atoms with Crippen LogP contribution in [0.5, 0.6) is 17.2 Å². The minimum absolute atomic E-state index is 0.173. The maximum absolute atomic E-state index is 13.0. The second-order valence-corrected chi connectivity index (χ2v) is 14.4. The highest BCUT2D eigenvalue weighted by Gasteiger charge is 2.22. The Balaban J connectivity index is 1.84. The maximum atomic E-state index is 13.0.